The molecule has 9 nitrogen and oxygen atoms in total. The first kappa shape index (κ1) is 18.7. The Morgan fingerprint density at radius 2 is 1.96 bits per heavy atom. The number of nitro benzene ring substituents is 1. The summed E-state index contributed by atoms with van der Waals surface area (Å²) in [7, 11) is 1.45. The van der Waals surface area contributed by atoms with E-state index in [9.17, 15) is 14.9 Å². The summed E-state index contributed by atoms with van der Waals surface area (Å²) in [6.07, 6.45) is 0.515. The summed E-state index contributed by atoms with van der Waals surface area (Å²) in [4.78, 5) is 21.0. The second-order valence-electron chi connectivity index (χ2n) is 5.18. The Balaban J connectivity index is 2.05. The number of carbonyl (C=O) groups is 1. The van der Waals surface area contributed by atoms with E-state index in [1.807, 2.05) is 0 Å². The quantitative estimate of drug-likeness (QED) is 0.422. The number of nitro groups is 1. The van der Waals surface area contributed by atoms with Crippen LogP contribution in [0.1, 0.15) is 12.5 Å². The lowest BCUT2D eigenvalue weighted by Crippen LogP contribution is -2.23. The minimum atomic E-state index is -1.08. The Hall–Kier alpha value is -3.62. The van der Waals surface area contributed by atoms with Gasteiger partial charge in [-0.2, -0.15) is 5.10 Å². The van der Waals surface area contributed by atoms with Gasteiger partial charge in [0.2, 0.25) is 0 Å². The van der Waals surface area contributed by atoms with Crippen molar-refractivity contribution < 1.29 is 24.3 Å². The number of benzene rings is 2. The van der Waals surface area contributed by atoms with E-state index < -0.39 is 17.0 Å². The average Bonchev–Trinajstić information content (AvgIpc) is 2.63. The molecule has 0 unspecified atom stereocenters. The number of aliphatic carboxylic acids is 1. The van der Waals surface area contributed by atoms with Gasteiger partial charge in [0.1, 0.15) is 0 Å². The molecule has 0 heterocycles. The van der Waals surface area contributed by atoms with Gasteiger partial charge in [-0.25, -0.2) is 4.79 Å². The SMILES string of the molecule is COc1cc(/C=N\Nc2ccc([N+](=O)[O-])cc2)ccc1O[C@@H](C)C(=O)O. The molecule has 0 aliphatic rings. The van der Waals surface area contributed by atoms with Crippen LogP contribution in [0.2, 0.25) is 0 Å². The van der Waals surface area contributed by atoms with E-state index in [2.05, 4.69) is 10.5 Å². The molecule has 0 aromatic heterocycles. The number of rotatable bonds is 8. The lowest BCUT2D eigenvalue weighted by atomic mass is 10.2. The fraction of sp³-hybridized carbons (Fsp3) is 0.176. The second-order valence-corrected chi connectivity index (χ2v) is 5.18. The van der Waals surface area contributed by atoms with Gasteiger partial charge in [0.05, 0.1) is 23.9 Å². The molecule has 2 rings (SSSR count). The number of anilines is 1. The molecule has 0 amide bonds. The topological polar surface area (TPSA) is 123 Å². The zero-order valence-electron chi connectivity index (χ0n) is 14.1. The number of carboxylic acid groups (broad SMARTS) is 1. The summed E-state index contributed by atoms with van der Waals surface area (Å²) in [5.74, 6) is -0.398. The number of non-ortho nitro benzene ring substituents is 1. The largest absolute Gasteiger partial charge is 0.493 e. The zero-order valence-corrected chi connectivity index (χ0v) is 14.1. The summed E-state index contributed by atoms with van der Waals surface area (Å²) in [6.45, 7) is 1.42. The van der Waals surface area contributed by atoms with Crippen LogP contribution in [0.15, 0.2) is 47.6 Å². The van der Waals surface area contributed by atoms with Crippen molar-refractivity contribution in [1.82, 2.24) is 0 Å². The van der Waals surface area contributed by atoms with Gasteiger partial charge in [0.25, 0.3) is 5.69 Å². The van der Waals surface area contributed by atoms with Gasteiger partial charge in [-0.1, -0.05) is 0 Å². The van der Waals surface area contributed by atoms with Gasteiger partial charge in [-0.15, -0.1) is 0 Å². The van der Waals surface area contributed by atoms with Gasteiger partial charge in [0.15, 0.2) is 17.6 Å². The highest BCUT2D eigenvalue weighted by Gasteiger charge is 2.15. The number of hydrogen-bond donors (Lipinski definition) is 2. The van der Waals surface area contributed by atoms with E-state index in [4.69, 9.17) is 14.6 Å². The standard InChI is InChI=1S/C17H17N3O6/c1-11(17(21)22)26-15-8-3-12(9-16(15)25-2)10-18-19-13-4-6-14(7-5-13)20(23)24/h3-11,19H,1-2H3,(H,21,22)/b18-10-/t11-/m0/s1. The number of ether oxygens (including phenoxy) is 2. The molecule has 0 radical (unpaired) electrons. The number of hydrogen-bond acceptors (Lipinski definition) is 7. The summed E-state index contributed by atoms with van der Waals surface area (Å²) >= 11 is 0. The van der Waals surface area contributed by atoms with Crippen LogP contribution in [0.3, 0.4) is 0 Å². The summed E-state index contributed by atoms with van der Waals surface area (Å²) < 4.78 is 10.5. The molecule has 9 heteroatoms. The maximum atomic E-state index is 10.9. The Bertz CT molecular complexity index is 820. The highest BCUT2D eigenvalue weighted by atomic mass is 16.6. The van der Waals surface area contributed by atoms with Gasteiger partial charge in [-0.3, -0.25) is 15.5 Å². The van der Waals surface area contributed by atoms with Gasteiger partial charge in [-0.05, 0) is 42.8 Å². The highest BCUT2D eigenvalue weighted by molar-refractivity contribution is 5.81. The van der Waals surface area contributed by atoms with Crippen LogP contribution in [0.4, 0.5) is 11.4 Å². The first-order valence-electron chi connectivity index (χ1n) is 7.51. The summed E-state index contributed by atoms with van der Waals surface area (Å²) in [6, 6.07) is 10.7. The van der Waals surface area contributed by atoms with Crippen molar-refractivity contribution in [2.45, 2.75) is 13.0 Å². The highest BCUT2D eigenvalue weighted by Crippen LogP contribution is 2.28. The molecule has 0 bridgehead atoms. The Labute approximate surface area is 149 Å². The lowest BCUT2D eigenvalue weighted by molar-refractivity contribution is -0.384. The predicted molar refractivity (Wildman–Crippen MR) is 95.0 cm³/mol. The van der Waals surface area contributed by atoms with Crippen molar-refractivity contribution in [1.29, 1.82) is 0 Å². The molecule has 0 aliphatic heterocycles. The second kappa shape index (κ2) is 8.47. The molecule has 2 aromatic rings. The third kappa shape index (κ3) is 4.94. The van der Waals surface area contributed by atoms with E-state index in [-0.39, 0.29) is 5.69 Å². The maximum Gasteiger partial charge on any atom is 0.344 e. The number of methoxy groups -OCH3 is 1. The fourth-order valence-corrected chi connectivity index (χ4v) is 1.94. The molecule has 2 N–H and O–H groups in total. The van der Waals surface area contributed by atoms with E-state index >= 15 is 0 Å². The number of hydrazone groups is 1. The maximum absolute atomic E-state index is 10.9. The number of carboxylic acids is 1. The Morgan fingerprint density at radius 3 is 2.54 bits per heavy atom. The van der Waals surface area contributed by atoms with Crippen LogP contribution in [0, 0.1) is 10.1 Å². The van der Waals surface area contributed by atoms with Gasteiger partial charge in [0, 0.05) is 12.1 Å². The van der Waals surface area contributed by atoms with E-state index in [1.165, 1.54) is 32.4 Å². The van der Waals surface area contributed by atoms with Gasteiger partial charge >= 0.3 is 5.97 Å². The summed E-state index contributed by atoms with van der Waals surface area (Å²) in [5, 5.41) is 23.6. The van der Waals surface area contributed by atoms with Crippen molar-refractivity contribution in [2.75, 3.05) is 12.5 Å². The molecule has 0 aliphatic carbocycles. The van der Waals surface area contributed by atoms with Crippen LogP contribution in [-0.2, 0) is 4.79 Å². The zero-order chi connectivity index (χ0) is 19.1. The van der Waals surface area contributed by atoms with Crippen molar-refractivity contribution in [3.63, 3.8) is 0 Å². The first-order valence-corrected chi connectivity index (χ1v) is 7.51. The number of nitrogens with zero attached hydrogens (tertiary/aromatic N) is 2. The van der Waals surface area contributed by atoms with Gasteiger partial charge < -0.3 is 14.6 Å². The monoisotopic (exact) mass is 359 g/mol. The molecule has 0 saturated heterocycles. The first-order chi connectivity index (χ1) is 12.4. The van der Waals surface area contributed by atoms with E-state index in [1.54, 1.807) is 30.3 Å². The molecular formula is C17H17N3O6. The lowest BCUT2D eigenvalue weighted by Gasteiger charge is -2.14. The predicted octanol–water partition coefficient (Wildman–Crippen LogP) is 2.90. The molecule has 0 spiro atoms. The van der Waals surface area contributed by atoms with Crippen molar-refractivity contribution >= 4 is 23.6 Å². The molecule has 0 fully saturated rings. The smallest absolute Gasteiger partial charge is 0.344 e. The van der Waals surface area contributed by atoms with Crippen LogP contribution >= 0.6 is 0 Å². The van der Waals surface area contributed by atoms with Crippen LogP contribution < -0.4 is 14.9 Å². The molecule has 1 atom stereocenters. The normalized spacial score (nSPS) is 11.8. The third-order valence-corrected chi connectivity index (χ3v) is 3.32. The third-order valence-electron chi connectivity index (χ3n) is 3.32. The molecular weight excluding hydrogens is 342 g/mol. The fourth-order valence-electron chi connectivity index (χ4n) is 1.94. The van der Waals surface area contributed by atoms with Crippen molar-refractivity contribution in [2.24, 2.45) is 5.10 Å². The Morgan fingerprint density at radius 1 is 1.27 bits per heavy atom. The van der Waals surface area contributed by atoms with Crippen molar-refractivity contribution in [3.8, 4) is 11.5 Å². The Kier molecular flexibility index (Phi) is 6.10. The average molecular weight is 359 g/mol. The van der Waals surface area contributed by atoms with Crippen LogP contribution in [0.5, 0.6) is 11.5 Å². The van der Waals surface area contributed by atoms with Crippen molar-refractivity contribution in [3.05, 3.63) is 58.1 Å². The molecule has 2 aromatic carbocycles. The molecule has 0 saturated carbocycles. The number of nitrogens with one attached hydrogen (secondary N) is 1. The molecule has 26 heavy (non-hydrogen) atoms. The van der Waals surface area contributed by atoms with Crippen LogP contribution in [-0.4, -0.2) is 35.4 Å². The van der Waals surface area contributed by atoms with E-state index in [0.717, 1.165) is 0 Å². The minimum Gasteiger partial charge on any atom is -0.493 e. The summed E-state index contributed by atoms with van der Waals surface area (Å²) in [5.41, 5.74) is 4.03. The van der Waals surface area contributed by atoms with Crippen LogP contribution in [0.25, 0.3) is 0 Å². The van der Waals surface area contributed by atoms with E-state index in [0.29, 0.717) is 22.7 Å². The molecule has 136 valence electrons. The minimum absolute atomic E-state index is 0.00422.